The summed E-state index contributed by atoms with van der Waals surface area (Å²) >= 11 is 0. The number of nitrogens with zero attached hydrogens (tertiary/aromatic N) is 4. The Morgan fingerprint density at radius 3 is 2.75 bits per heavy atom. The highest BCUT2D eigenvalue weighted by atomic mass is 16.1. The van der Waals surface area contributed by atoms with Crippen molar-refractivity contribution in [2.75, 3.05) is 18.4 Å². The van der Waals surface area contributed by atoms with Gasteiger partial charge in [0.05, 0.1) is 23.5 Å². The van der Waals surface area contributed by atoms with E-state index in [9.17, 15) is 4.79 Å². The molecule has 1 aliphatic heterocycles. The highest BCUT2D eigenvalue weighted by Crippen LogP contribution is 2.26. The van der Waals surface area contributed by atoms with E-state index in [0.717, 1.165) is 43.3 Å². The summed E-state index contributed by atoms with van der Waals surface area (Å²) in [6, 6.07) is 16.3. The standard InChI is InChI=1S/C22H25N5O/c1-16-8-9-20(17(2)24-16)22(28)25-21-10-12-23-27(21)19-11-13-26(15-19)14-18-6-4-3-5-7-18/h3-10,12,19H,11,13-15H2,1-2H3,(H,25,28)/t19-/m1/s1. The summed E-state index contributed by atoms with van der Waals surface area (Å²) in [6.45, 7) is 6.66. The average molecular weight is 375 g/mol. The molecule has 3 aromatic rings. The van der Waals surface area contributed by atoms with Gasteiger partial charge in [0.2, 0.25) is 0 Å². The number of carbonyl (C=O) groups excluding carboxylic acids is 1. The zero-order chi connectivity index (χ0) is 19.5. The molecule has 0 unspecified atom stereocenters. The molecular formula is C22H25N5O. The Labute approximate surface area is 165 Å². The summed E-state index contributed by atoms with van der Waals surface area (Å²) in [4.78, 5) is 19.5. The highest BCUT2D eigenvalue weighted by molar-refractivity contribution is 6.04. The molecule has 3 heterocycles. The van der Waals surface area contributed by atoms with Gasteiger partial charge in [-0.3, -0.25) is 14.7 Å². The molecule has 1 amide bonds. The molecule has 2 aromatic heterocycles. The summed E-state index contributed by atoms with van der Waals surface area (Å²) in [5, 5.41) is 7.49. The Morgan fingerprint density at radius 1 is 1.14 bits per heavy atom. The molecule has 4 rings (SSSR count). The molecule has 28 heavy (non-hydrogen) atoms. The molecule has 6 nitrogen and oxygen atoms in total. The van der Waals surface area contributed by atoms with Gasteiger partial charge in [-0.1, -0.05) is 30.3 Å². The number of likely N-dealkylation sites (tertiary alicyclic amines) is 1. The molecule has 0 radical (unpaired) electrons. The molecule has 144 valence electrons. The van der Waals surface area contributed by atoms with E-state index in [1.54, 1.807) is 6.20 Å². The first-order valence-corrected chi connectivity index (χ1v) is 9.65. The Morgan fingerprint density at radius 2 is 1.96 bits per heavy atom. The summed E-state index contributed by atoms with van der Waals surface area (Å²) in [6.07, 6.45) is 2.76. The van der Waals surface area contributed by atoms with Gasteiger partial charge >= 0.3 is 0 Å². The molecule has 1 aromatic carbocycles. The summed E-state index contributed by atoms with van der Waals surface area (Å²) in [5.41, 5.74) is 3.55. The van der Waals surface area contributed by atoms with Gasteiger partial charge in [0.1, 0.15) is 5.82 Å². The summed E-state index contributed by atoms with van der Waals surface area (Å²) in [7, 11) is 0. The SMILES string of the molecule is Cc1ccc(C(=O)Nc2ccnn2[C@@H]2CCN(Cc3ccccc3)C2)c(C)n1. The number of aryl methyl sites for hydroxylation is 2. The van der Waals surface area contributed by atoms with Gasteiger partial charge in [-0.2, -0.15) is 5.10 Å². The van der Waals surface area contributed by atoms with Crippen molar-refractivity contribution in [1.29, 1.82) is 0 Å². The van der Waals surface area contributed by atoms with Gasteiger partial charge in [-0.15, -0.1) is 0 Å². The molecular weight excluding hydrogens is 350 g/mol. The topological polar surface area (TPSA) is 63.1 Å². The quantitative estimate of drug-likeness (QED) is 0.740. The van der Waals surface area contributed by atoms with Crippen LogP contribution in [0, 0.1) is 13.8 Å². The van der Waals surface area contributed by atoms with Gasteiger partial charge in [-0.05, 0) is 38.0 Å². The van der Waals surface area contributed by atoms with Crippen LogP contribution in [0.2, 0.25) is 0 Å². The highest BCUT2D eigenvalue weighted by Gasteiger charge is 2.26. The Kier molecular flexibility index (Phi) is 5.21. The zero-order valence-electron chi connectivity index (χ0n) is 16.3. The van der Waals surface area contributed by atoms with E-state index >= 15 is 0 Å². The van der Waals surface area contributed by atoms with Crippen molar-refractivity contribution in [2.24, 2.45) is 0 Å². The number of carbonyl (C=O) groups is 1. The van der Waals surface area contributed by atoms with Crippen LogP contribution in [0.4, 0.5) is 5.82 Å². The Hall–Kier alpha value is -2.99. The van der Waals surface area contributed by atoms with E-state index in [2.05, 4.69) is 44.6 Å². The van der Waals surface area contributed by atoms with Crippen molar-refractivity contribution in [3.63, 3.8) is 0 Å². The first-order valence-electron chi connectivity index (χ1n) is 9.65. The van der Waals surface area contributed by atoms with Gasteiger partial charge in [0, 0.05) is 31.4 Å². The number of benzene rings is 1. The number of aromatic nitrogens is 3. The van der Waals surface area contributed by atoms with Crippen LogP contribution in [0.25, 0.3) is 0 Å². The lowest BCUT2D eigenvalue weighted by Gasteiger charge is -2.18. The first-order chi connectivity index (χ1) is 13.6. The van der Waals surface area contributed by atoms with Crippen LogP contribution in [0.5, 0.6) is 0 Å². The maximum absolute atomic E-state index is 12.7. The van der Waals surface area contributed by atoms with Crippen LogP contribution in [0.1, 0.15) is 39.8 Å². The average Bonchev–Trinajstić information content (AvgIpc) is 3.31. The van der Waals surface area contributed by atoms with Crippen LogP contribution in [0.3, 0.4) is 0 Å². The third kappa shape index (κ3) is 3.97. The van der Waals surface area contributed by atoms with Gasteiger partial charge in [0.25, 0.3) is 5.91 Å². The molecule has 0 aliphatic carbocycles. The molecule has 0 bridgehead atoms. The molecule has 0 spiro atoms. The van der Waals surface area contributed by atoms with Gasteiger partial charge in [0.15, 0.2) is 0 Å². The van der Waals surface area contributed by atoms with Crippen molar-refractivity contribution in [3.8, 4) is 0 Å². The van der Waals surface area contributed by atoms with E-state index < -0.39 is 0 Å². The van der Waals surface area contributed by atoms with Crippen LogP contribution < -0.4 is 5.32 Å². The number of hydrogen-bond donors (Lipinski definition) is 1. The van der Waals surface area contributed by atoms with E-state index in [1.807, 2.05) is 42.8 Å². The largest absolute Gasteiger partial charge is 0.307 e. The second-order valence-corrected chi connectivity index (χ2v) is 7.36. The minimum atomic E-state index is -0.147. The van der Waals surface area contributed by atoms with E-state index in [0.29, 0.717) is 5.56 Å². The second-order valence-electron chi connectivity index (χ2n) is 7.36. The first kappa shape index (κ1) is 18.4. The Bertz CT molecular complexity index is 966. The van der Waals surface area contributed by atoms with Crippen molar-refractivity contribution >= 4 is 11.7 Å². The fourth-order valence-corrected chi connectivity index (χ4v) is 3.81. The minimum Gasteiger partial charge on any atom is -0.307 e. The lowest BCUT2D eigenvalue weighted by molar-refractivity contribution is 0.102. The third-order valence-corrected chi connectivity index (χ3v) is 5.22. The monoisotopic (exact) mass is 375 g/mol. The molecule has 1 fully saturated rings. The fourth-order valence-electron chi connectivity index (χ4n) is 3.81. The van der Waals surface area contributed by atoms with Crippen molar-refractivity contribution < 1.29 is 4.79 Å². The summed E-state index contributed by atoms with van der Waals surface area (Å²) in [5.74, 6) is 0.586. The zero-order valence-corrected chi connectivity index (χ0v) is 16.3. The predicted octanol–water partition coefficient (Wildman–Crippen LogP) is 3.59. The number of anilines is 1. The maximum atomic E-state index is 12.7. The smallest absolute Gasteiger partial charge is 0.258 e. The number of rotatable bonds is 5. The van der Waals surface area contributed by atoms with Crippen molar-refractivity contribution in [3.05, 3.63) is 77.2 Å². The van der Waals surface area contributed by atoms with E-state index in [1.165, 1.54) is 5.56 Å². The third-order valence-electron chi connectivity index (χ3n) is 5.22. The Balaban J connectivity index is 1.44. The van der Waals surface area contributed by atoms with Gasteiger partial charge in [-0.25, -0.2) is 4.68 Å². The fraction of sp³-hybridized carbons (Fsp3) is 0.318. The molecule has 1 N–H and O–H groups in total. The number of hydrogen-bond acceptors (Lipinski definition) is 4. The molecule has 6 heteroatoms. The predicted molar refractivity (Wildman–Crippen MR) is 109 cm³/mol. The van der Waals surface area contributed by atoms with E-state index in [4.69, 9.17) is 0 Å². The second kappa shape index (κ2) is 7.94. The lowest BCUT2D eigenvalue weighted by Crippen LogP contribution is -2.23. The molecule has 0 saturated carbocycles. The van der Waals surface area contributed by atoms with Crippen LogP contribution in [-0.4, -0.2) is 38.7 Å². The van der Waals surface area contributed by atoms with Crippen molar-refractivity contribution in [1.82, 2.24) is 19.7 Å². The molecule has 1 saturated heterocycles. The number of nitrogens with one attached hydrogen (secondary N) is 1. The van der Waals surface area contributed by atoms with Gasteiger partial charge < -0.3 is 5.32 Å². The maximum Gasteiger partial charge on any atom is 0.258 e. The van der Waals surface area contributed by atoms with Crippen LogP contribution >= 0.6 is 0 Å². The lowest BCUT2D eigenvalue weighted by atomic mass is 10.1. The van der Waals surface area contributed by atoms with Crippen LogP contribution in [-0.2, 0) is 6.54 Å². The van der Waals surface area contributed by atoms with Crippen LogP contribution in [0.15, 0.2) is 54.7 Å². The number of amides is 1. The minimum absolute atomic E-state index is 0.147. The van der Waals surface area contributed by atoms with Crippen molar-refractivity contribution in [2.45, 2.75) is 32.9 Å². The molecule has 1 aliphatic rings. The molecule has 1 atom stereocenters. The van der Waals surface area contributed by atoms with E-state index in [-0.39, 0.29) is 11.9 Å². The summed E-state index contributed by atoms with van der Waals surface area (Å²) < 4.78 is 1.94. The number of pyridine rings is 1. The normalized spacial score (nSPS) is 17.0.